The lowest BCUT2D eigenvalue weighted by Crippen LogP contribution is -2.28. The van der Waals surface area contributed by atoms with E-state index in [4.69, 9.17) is 22.1 Å². The van der Waals surface area contributed by atoms with Crippen LogP contribution in [0.4, 0.5) is 11.8 Å². The summed E-state index contributed by atoms with van der Waals surface area (Å²) in [6.45, 7) is 4.23. The van der Waals surface area contributed by atoms with Crippen LogP contribution in [-0.4, -0.2) is 36.8 Å². The van der Waals surface area contributed by atoms with Gasteiger partial charge in [-0.05, 0) is 6.92 Å². The minimum Gasteiger partial charge on any atom is -0.383 e. The van der Waals surface area contributed by atoms with Crippen molar-refractivity contribution in [1.82, 2.24) is 9.97 Å². The molecule has 15 heavy (non-hydrogen) atoms. The van der Waals surface area contributed by atoms with Crippen LogP contribution in [0.2, 0.25) is 5.15 Å². The average molecular weight is 231 g/mol. The molecule has 0 bridgehead atoms. The summed E-state index contributed by atoms with van der Waals surface area (Å²) in [5.74, 6) is 0.917. The fourth-order valence-electron chi connectivity index (χ4n) is 1.22. The second-order valence-electron chi connectivity index (χ2n) is 2.98. The number of methoxy groups -OCH3 is 1. The lowest BCUT2D eigenvalue weighted by Gasteiger charge is -2.21. The Balaban J connectivity index is 2.81. The van der Waals surface area contributed by atoms with E-state index >= 15 is 0 Å². The molecule has 0 aliphatic heterocycles. The molecule has 0 radical (unpaired) electrons. The number of aromatic nitrogens is 2. The highest BCUT2D eigenvalue weighted by molar-refractivity contribution is 6.29. The molecule has 84 valence electrons. The highest BCUT2D eigenvalue weighted by atomic mass is 35.5. The molecule has 1 aromatic rings. The molecule has 5 nitrogen and oxygen atoms in total. The fraction of sp³-hybridized carbons (Fsp3) is 0.556. The number of rotatable bonds is 5. The standard InChI is InChI=1S/C9H15ClN4O/c1-3-14(4-5-15-2)8-6-7(10)12-9(11)13-8/h6H,3-5H2,1-2H3,(H2,11,12,13). The summed E-state index contributed by atoms with van der Waals surface area (Å²) in [6.07, 6.45) is 0. The van der Waals surface area contributed by atoms with Crippen LogP contribution in [-0.2, 0) is 4.74 Å². The van der Waals surface area contributed by atoms with Gasteiger partial charge in [-0.15, -0.1) is 0 Å². The summed E-state index contributed by atoms with van der Waals surface area (Å²) in [5, 5.41) is 0.355. The van der Waals surface area contributed by atoms with Gasteiger partial charge in [-0.25, -0.2) is 4.98 Å². The van der Waals surface area contributed by atoms with E-state index in [1.54, 1.807) is 13.2 Å². The number of likely N-dealkylation sites (N-methyl/N-ethyl adjacent to an activating group) is 1. The molecule has 0 saturated carbocycles. The van der Waals surface area contributed by atoms with Crippen LogP contribution in [0.5, 0.6) is 0 Å². The molecule has 0 aliphatic carbocycles. The quantitative estimate of drug-likeness (QED) is 0.770. The zero-order valence-corrected chi connectivity index (χ0v) is 9.66. The lowest BCUT2D eigenvalue weighted by molar-refractivity contribution is 0.205. The summed E-state index contributed by atoms with van der Waals surface area (Å²) in [5.41, 5.74) is 5.52. The van der Waals surface area contributed by atoms with Gasteiger partial charge in [0.25, 0.3) is 0 Å². The number of hydrogen-bond acceptors (Lipinski definition) is 5. The second kappa shape index (κ2) is 5.72. The zero-order chi connectivity index (χ0) is 11.3. The minimum absolute atomic E-state index is 0.188. The van der Waals surface area contributed by atoms with Gasteiger partial charge in [-0.1, -0.05) is 11.6 Å². The number of anilines is 2. The predicted molar refractivity (Wildman–Crippen MR) is 61.2 cm³/mol. The molecular formula is C9H15ClN4O. The Hall–Kier alpha value is -1.07. The van der Waals surface area contributed by atoms with E-state index in [-0.39, 0.29) is 5.95 Å². The van der Waals surface area contributed by atoms with Gasteiger partial charge in [-0.2, -0.15) is 4.98 Å². The van der Waals surface area contributed by atoms with Crippen LogP contribution < -0.4 is 10.6 Å². The van der Waals surface area contributed by atoms with Crippen molar-refractivity contribution >= 4 is 23.4 Å². The van der Waals surface area contributed by atoms with Gasteiger partial charge < -0.3 is 15.4 Å². The van der Waals surface area contributed by atoms with Gasteiger partial charge in [0.15, 0.2) is 0 Å². The Morgan fingerprint density at radius 3 is 2.80 bits per heavy atom. The molecule has 2 N–H and O–H groups in total. The summed E-state index contributed by atoms with van der Waals surface area (Å²) in [7, 11) is 1.66. The largest absolute Gasteiger partial charge is 0.383 e. The maximum Gasteiger partial charge on any atom is 0.223 e. The highest BCUT2D eigenvalue weighted by Crippen LogP contribution is 2.16. The number of nitrogens with two attached hydrogens (primary N) is 1. The minimum atomic E-state index is 0.188. The topological polar surface area (TPSA) is 64.3 Å². The molecule has 1 heterocycles. The number of halogens is 1. The number of nitrogen functional groups attached to an aromatic ring is 1. The first-order valence-electron chi connectivity index (χ1n) is 4.71. The first-order chi connectivity index (χ1) is 7.17. The first-order valence-corrected chi connectivity index (χ1v) is 5.09. The van der Waals surface area contributed by atoms with E-state index in [1.807, 2.05) is 11.8 Å². The second-order valence-corrected chi connectivity index (χ2v) is 3.37. The Kier molecular flexibility index (Phi) is 4.58. The average Bonchev–Trinajstić information content (AvgIpc) is 2.17. The Bertz CT molecular complexity index is 301. The van der Waals surface area contributed by atoms with Crippen LogP contribution in [0, 0.1) is 0 Å². The Morgan fingerprint density at radius 1 is 1.53 bits per heavy atom. The van der Waals surface area contributed by atoms with Crippen molar-refractivity contribution in [3.05, 3.63) is 11.2 Å². The molecule has 6 heteroatoms. The highest BCUT2D eigenvalue weighted by Gasteiger charge is 2.07. The van der Waals surface area contributed by atoms with Crippen molar-refractivity contribution in [3.63, 3.8) is 0 Å². The normalized spacial score (nSPS) is 10.3. The molecule has 0 aromatic carbocycles. The SMILES string of the molecule is CCN(CCOC)c1cc(Cl)nc(N)n1. The van der Waals surface area contributed by atoms with Crippen LogP contribution in [0.3, 0.4) is 0 Å². The third-order valence-electron chi connectivity index (χ3n) is 1.97. The van der Waals surface area contributed by atoms with Crippen molar-refractivity contribution in [2.45, 2.75) is 6.92 Å². The smallest absolute Gasteiger partial charge is 0.223 e. The van der Waals surface area contributed by atoms with E-state index in [0.717, 1.165) is 18.9 Å². The third-order valence-corrected chi connectivity index (χ3v) is 2.16. The van der Waals surface area contributed by atoms with Gasteiger partial charge in [-0.3, -0.25) is 0 Å². The summed E-state index contributed by atoms with van der Waals surface area (Å²) in [6, 6.07) is 1.69. The van der Waals surface area contributed by atoms with Crippen LogP contribution >= 0.6 is 11.6 Å². The summed E-state index contributed by atoms with van der Waals surface area (Å²) < 4.78 is 5.01. The maximum absolute atomic E-state index is 5.80. The van der Waals surface area contributed by atoms with Crippen LogP contribution in [0.1, 0.15) is 6.92 Å². The first kappa shape index (κ1) is 12.0. The van der Waals surface area contributed by atoms with E-state index in [2.05, 4.69) is 9.97 Å². The number of nitrogens with zero attached hydrogens (tertiary/aromatic N) is 3. The van der Waals surface area contributed by atoms with Crippen molar-refractivity contribution in [1.29, 1.82) is 0 Å². The molecule has 1 aromatic heterocycles. The van der Waals surface area contributed by atoms with Gasteiger partial charge >= 0.3 is 0 Å². The molecule has 0 saturated heterocycles. The van der Waals surface area contributed by atoms with E-state index in [1.165, 1.54) is 0 Å². The van der Waals surface area contributed by atoms with Crippen molar-refractivity contribution in [2.24, 2.45) is 0 Å². The molecule has 0 atom stereocenters. The van der Waals surface area contributed by atoms with Crippen molar-refractivity contribution < 1.29 is 4.74 Å². The summed E-state index contributed by atoms with van der Waals surface area (Å²) in [4.78, 5) is 9.94. The van der Waals surface area contributed by atoms with Gasteiger partial charge in [0, 0.05) is 26.3 Å². The molecule has 0 unspecified atom stereocenters. The third kappa shape index (κ3) is 3.53. The maximum atomic E-state index is 5.80. The Labute approximate surface area is 94.2 Å². The lowest BCUT2D eigenvalue weighted by atomic mass is 10.4. The van der Waals surface area contributed by atoms with E-state index < -0.39 is 0 Å². The zero-order valence-electron chi connectivity index (χ0n) is 8.90. The molecule has 0 spiro atoms. The van der Waals surface area contributed by atoms with Gasteiger partial charge in [0.2, 0.25) is 5.95 Å². The van der Waals surface area contributed by atoms with Gasteiger partial charge in [0.05, 0.1) is 6.61 Å². The molecule has 0 amide bonds. The molecular weight excluding hydrogens is 216 g/mol. The molecule has 0 aliphatic rings. The van der Waals surface area contributed by atoms with Gasteiger partial charge in [0.1, 0.15) is 11.0 Å². The molecule has 1 rings (SSSR count). The predicted octanol–water partition coefficient (Wildman–Crippen LogP) is 1.18. The molecule has 0 fully saturated rings. The monoisotopic (exact) mass is 230 g/mol. The van der Waals surface area contributed by atoms with Crippen molar-refractivity contribution in [2.75, 3.05) is 37.4 Å². The Morgan fingerprint density at radius 2 is 2.27 bits per heavy atom. The van der Waals surface area contributed by atoms with E-state index in [9.17, 15) is 0 Å². The van der Waals surface area contributed by atoms with Crippen LogP contribution in [0.25, 0.3) is 0 Å². The van der Waals surface area contributed by atoms with Crippen molar-refractivity contribution in [3.8, 4) is 0 Å². The van der Waals surface area contributed by atoms with Crippen LogP contribution in [0.15, 0.2) is 6.07 Å². The number of hydrogen-bond donors (Lipinski definition) is 1. The summed E-state index contributed by atoms with van der Waals surface area (Å²) >= 11 is 5.80. The fourth-order valence-corrected chi connectivity index (χ4v) is 1.41. The number of ether oxygens (including phenoxy) is 1. The van der Waals surface area contributed by atoms with E-state index in [0.29, 0.717) is 11.8 Å².